The van der Waals surface area contributed by atoms with Gasteiger partial charge in [0.2, 0.25) is 0 Å². The summed E-state index contributed by atoms with van der Waals surface area (Å²) in [4.78, 5) is 4.17. The van der Waals surface area contributed by atoms with E-state index in [-0.39, 0.29) is 0 Å². The minimum atomic E-state index is 0.440. The molecule has 0 fully saturated rings. The Kier molecular flexibility index (Phi) is 1.98. The first kappa shape index (κ1) is 8.19. The number of hydrazine groups is 1. The predicted octanol–water partition coefficient (Wildman–Crippen LogP) is 1.90. The Bertz CT molecular complexity index is 364. The lowest BCUT2D eigenvalue weighted by molar-refractivity contribution is 0.384. The van der Waals surface area contributed by atoms with E-state index in [4.69, 9.17) is 16.3 Å². The van der Waals surface area contributed by atoms with E-state index in [2.05, 4.69) is 15.8 Å². The number of amidine groups is 1. The molecule has 0 bridgehead atoms. The summed E-state index contributed by atoms with van der Waals surface area (Å²) in [6.07, 6.45) is 0. The van der Waals surface area contributed by atoms with Gasteiger partial charge in [-0.05, 0) is 18.2 Å². The second-order valence-electron chi connectivity index (χ2n) is 2.53. The van der Waals surface area contributed by atoms with Gasteiger partial charge in [0.1, 0.15) is 0 Å². The topological polar surface area (TPSA) is 45.6 Å². The summed E-state index contributed by atoms with van der Waals surface area (Å²) in [7, 11) is 1.55. The van der Waals surface area contributed by atoms with Crippen LogP contribution in [0.1, 0.15) is 0 Å². The van der Waals surface area contributed by atoms with E-state index in [1.54, 1.807) is 19.2 Å². The van der Waals surface area contributed by atoms with Gasteiger partial charge in [-0.15, -0.1) is 0 Å². The summed E-state index contributed by atoms with van der Waals surface area (Å²) >= 11 is 5.80. The first-order valence-corrected chi connectivity index (χ1v) is 4.11. The van der Waals surface area contributed by atoms with Crippen LogP contribution in [0.5, 0.6) is 0 Å². The second kappa shape index (κ2) is 3.14. The molecule has 2 N–H and O–H groups in total. The van der Waals surface area contributed by atoms with E-state index < -0.39 is 0 Å². The Hall–Kier alpha value is -1.42. The highest BCUT2D eigenvalue weighted by Gasteiger charge is 2.10. The van der Waals surface area contributed by atoms with Crippen LogP contribution in [-0.2, 0) is 4.74 Å². The molecule has 68 valence electrons. The van der Waals surface area contributed by atoms with Gasteiger partial charge in [0.25, 0.3) is 0 Å². The van der Waals surface area contributed by atoms with Crippen LogP contribution in [0.25, 0.3) is 0 Å². The van der Waals surface area contributed by atoms with Crippen molar-refractivity contribution in [1.82, 2.24) is 5.43 Å². The highest BCUT2D eigenvalue weighted by molar-refractivity contribution is 6.31. The summed E-state index contributed by atoms with van der Waals surface area (Å²) in [5, 5.41) is 0.670. The lowest BCUT2D eigenvalue weighted by atomic mass is 10.2. The molecule has 1 aliphatic rings. The average molecular weight is 198 g/mol. The number of ether oxygens (including phenoxy) is 1. The first-order chi connectivity index (χ1) is 6.29. The van der Waals surface area contributed by atoms with E-state index in [0.29, 0.717) is 11.0 Å². The van der Waals surface area contributed by atoms with E-state index in [0.717, 1.165) is 11.4 Å². The molecule has 0 aromatic heterocycles. The molecular formula is C8H8ClN3O. The third-order valence-corrected chi connectivity index (χ3v) is 1.91. The zero-order chi connectivity index (χ0) is 9.26. The number of fused-ring (bicyclic) bond motifs is 1. The molecular weight excluding hydrogens is 190 g/mol. The van der Waals surface area contributed by atoms with Crippen LogP contribution in [0.15, 0.2) is 23.2 Å². The molecule has 0 saturated heterocycles. The Labute approximate surface area is 80.5 Å². The van der Waals surface area contributed by atoms with E-state index in [9.17, 15) is 0 Å². The van der Waals surface area contributed by atoms with Gasteiger partial charge < -0.3 is 4.74 Å². The highest BCUT2D eigenvalue weighted by Crippen LogP contribution is 2.29. The fourth-order valence-electron chi connectivity index (χ4n) is 1.06. The summed E-state index contributed by atoms with van der Waals surface area (Å²) in [6.45, 7) is 0. The van der Waals surface area contributed by atoms with Crippen LogP contribution in [0.2, 0.25) is 5.02 Å². The number of nitrogens with one attached hydrogen (secondary N) is 2. The number of anilines is 1. The maximum atomic E-state index is 5.80. The van der Waals surface area contributed by atoms with Crippen molar-refractivity contribution in [2.45, 2.75) is 0 Å². The Morgan fingerprint density at radius 3 is 3.00 bits per heavy atom. The van der Waals surface area contributed by atoms with Gasteiger partial charge in [0.15, 0.2) is 0 Å². The summed E-state index contributed by atoms with van der Waals surface area (Å²) < 4.78 is 4.92. The average Bonchev–Trinajstić information content (AvgIpc) is 2.17. The minimum absolute atomic E-state index is 0.440. The third-order valence-electron chi connectivity index (χ3n) is 1.68. The zero-order valence-corrected chi connectivity index (χ0v) is 7.72. The maximum absolute atomic E-state index is 5.80. The van der Waals surface area contributed by atoms with Crippen molar-refractivity contribution in [3.8, 4) is 0 Å². The molecule has 0 saturated carbocycles. The lowest BCUT2D eigenvalue weighted by Crippen LogP contribution is -2.32. The van der Waals surface area contributed by atoms with E-state index in [1.807, 2.05) is 6.07 Å². The molecule has 1 aliphatic heterocycles. The SMILES string of the molecule is COC1=Nc2ccc(Cl)cc2NN1. The smallest absolute Gasteiger partial charge is 0.308 e. The standard InChI is InChI=1S/C8H8ClN3O/c1-13-8-10-6-3-2-5(9)4-7(6)11-12-8/h2-4,11H,1H3,(H,10,12). The third kappa shape index (κ3) is 1.53. The van der Waals surface area contributed by atoms with Crippen molar-refractivity contribution in [2.75, 3.05) is 12.5 Å². The Morgan fingerprint density at radius 1 is 1.38 bits per heavy atom. The van der Waals surface area contributed by atoms with Crippen LogP contribution in [0.3, 0.4) is 0 Å². The van der Waals surface area contributed by atoms with Crippen molar-refractivity contribution in [3.05, 3.63) is 23.2 Å². The maximum Gasteiger partial charge on any atom is 0.308 e. The van der Waals surface area contributed by atoms with Gasteiger partial charge in [0, 0.05) is 5.02 Å². The second-order valence-corrected chi connectivity index (χ2v) is 2.97. The van der Waals surface area contributed by atoms with Crippen molar-refractivity contribution >= 4 is 29.0 Å². The molecule has 0 radical (unpaired) electrons. The lowest BCUT2D eigenvalue weighted by Gasteiger charge is -2.17. The van der Waals surface area contributed by atoms with Gasteiger partial charge in [-0.1, -0.05) is 11.6 Å². The Morgan fingerprint density at radius 2 is 2.23 bits per heavy atom. The fourth-order valence-corrected chi connectivity index (χ4v) is 1.23. The van der Waals surface area contributed by atoms with Gasteiger partial charge in [-0.25, -0.2) is 0 Å². The number of nitrogens with zero attached hydrogens (tertiary/aromatic N) is 1. The molecule has 13 heavy (non-hydrogen) atoms. The molecule has 0 unspecified atom stereocenters. The number of benzene rings is 1. The number of rotatable bonds is 0. The van der Waals surface area contributed by atoms with Crippen LogP contribution in [0, 0.1) is 0 Å². The quantitative estimate of drug-likeness (QED) is 0.668. The molecule has 1 heterocycles. The predicted molar refractivity (Wildman–Crippen MR) is 52.3 cm³/mol. The summed E-state index contributed by atoms with van der Waals surface area (Å²) in [5.41, 5.74) is 7.33. The molecule has 1 aromatic rings. The van der Waals surface area contributed by atoms with Crippen LogP contribution in [-0.4, -0.2) is 13.1 Å². The number of halogens is 1. The Balaban J connectivity index is 2.42. The van der Waals surface area contributed by atoms with Gasteiger partial charge in [-0.2, -0.15) is 4.99 Å². The van der Waals surface area contributed by atoms with Crippen LogP contribution < -0.4 is 10.9 Å². The van der Waals surface area contributed by atoms with Crippen molar-refractivity contribution in [3.63, 3.8) is 0 Å². The molecule has 5 heteroatoms. The number of aliphatic imine (C=N–C) groups is 1. The summed E-state index contributed by atoms with van der Waals surface area (Å²) in [5.74, 6) is 0. The normalized spacial score (nSPS) is 13.5. The monoisotopic (exact) mass is 197 g/mol. The number of hydrogen-bond acceptors (Lipinski definition) is 4. The van der Waals surface area contributed by atoms with Gasteiger partial charge in [-0.3, -0.25) is 10.9 Å². The van der Waals surface area contributed by atoms with Crippen molar-refractivity contribution in [2.24, 2.45) is 4.99 Å². The molecule has 0 spiro atoms. The zero-order valence-electron chi connectivity index (χ0n) is 6.97. The van der Waals surface area contributed by atoms with Crippen molar-refractivity contribution in [1.29, 1.82) is 0 Å². The molecule has 2 rings (SSSR count). The highest BCUT2D eigenvalue weighted by atomic mass is 35.5. The number of methoxy groups -OCH3 is 1. The molecule has 4 nitrogen and oxygen atoms in total. The molecule has 0 atom stereocenters. The van der Waals surface area contributed by atoms with Crippen LogP contribution >= 0.6 is 11.6 Å². The van der Waals surface area contributed by atoms with Crippen LogP contribution in [0.4, 0.5) is 11.4 Å². The van der Waals surface area contributed by atoms with Crippen molar-refractivity contribution < 1.29 is 4.74 Å². The minimum Gasteiger partial charge on any atom is -0.467 e. The van der Waals surface area contributed by atoms with Gasteiger partial charge in [0.05, 0.1) is 18.5 Å². The molecule has 0 amide bonds. The van der Waals surface area contributed by atoms with E-state index in [1.165, 1.54) is 0 Å². The summed E-state index contributed by atoms with van der Waals surface area (Å²) in [6, 6.07) is 5.84. The first-order valence-electron chi connectivity index (χ1n) is 3.74. The van der Waals surface area contributed by atoms with Gasteiger partial charge >= 0.3 is 6.02 Å². The largest absolute Gasteiger partial charge is 0.467 e. The fraction of sp³-hybridized carbons (Fsp3) is 0.125. The van der Waals surface area contributed by atoms with E-state index >= 15 is 0 Å². The molecule has 1 aromatic carbocycles. The number of hydrogen-bond donors (Lipinski definition) is 2. The molecule has 0 aliphatic carbocycles.